The molecule has 0 unspecified atom stereocenters. The van der Waals surface area contributed by atoms with Crippen LogP contribution in [0.2, 0.25) is 5.02 Å². The molecule has 0 spiro atoms. The second-order valence-electron chi connectivity index (χ2n) is 4.59. The number of rotatable bonds is 4. The third-order valence-corrected chi connectivity index (χ3v) is 3.62. The number of aryl methyl sites for hydroxylation is 1. The van der Waals surface area contributed by atoms with E-state index in [1.54, 1.807) is 30.3 Å². The number of carbonyl (C=O) groups is 2. The minimum Gasteiger partial charge on any atom is -0.452 e. The van der Waals surface area contributed by atoms with E-state index in [-0.39, 0.29) is 6.61 Å². The van der Waals surface area contributed by atoms with Gasteiger partial charge in [-0.2, -0.15) is 0 Å². The van der Waals surface area contributed by atoms with Crippen molar-refractivity contribution < 1.29 is 14.3 Å². The highest BCUT2D eigenvalue weighted by molar-refractivity contribution is 9.10. The molecule has 114 valence electrons. The van der Waals surface area contributed by atoms with Crippen LogP contribution in [0, 0.1) is 6.92 Å². The summed E-state index contributed by atoms with van der Waals surface area (Å²) in [5.74, 6) is -0.966. The molecule has 0 fully saturated rings. The van der Waals surface area contributed by atoms with Gasteiger partial charge in [0.2, 0.25) is 0 Å². The second kappa shape index (κ2) is 7.42. The molecule has 6 heteroatoms. The summed E-state index contributed by atoms with van der Waals surface area (Å²) in [6.07, 6.45) is 0. The molecule has 2 aromatic rings. The first-order valence-electron chi connectivity index (χ1n) is 6.44. The maximum atomic E-state index is 11.8. The SMILES string of the molecule is Cc1cc(Br)ccc1NC(=O)COC(=O)c1ccc(Cl)cc1. The average molecular weight is 383 g/mol. The normalized spacial score (nSPS) is 10.1. The molecule has 0 atom stereocenters. The minimum atomic E-state index is -0.570. The fraction of sp³-hybridized carbons (Fsp3) is 0.125. The lowest BCUT2D eigenvalue weighted by molar-refractivity contribution is -0.119. The average Bonchev–Trinajstić information content (AvgIpc) is 2.48. The molecule has 4 nitrogen and oxygen atoms in total. The van der Waals surface area contributed by atoms with Crippen molar-refractivity contribution in [3.63, 3.8) is 0 Å². The molecule has 22 heavy (non-hydrogen) atoms. The fourth-order valence-corrected chi connectivity index (χ4v) is 2.36. The van der Waals surface area contributed by atoms with Crippen LogP contribution in [-0.2, 0) is 9.53 Å². The third-order valence-electron chi connectivity index (χ3n) is 2.88. The van der Waals surface area contributed by atoms with E-state index in [4.69, 9.17) is 16.3 Å². The topological polar surface area (TPSA) is 55.4 Å². The highest BCUT2D eigenvalue weighted by atomic mass is 79.9. The van der Waals surface area contributed by atoms with Crippen LogP contribution in [0.1, 0.15) is 15.9 Å². The molecule has 2 aromatic carbocycles. The summed E-state index contributed by atoms with van der Waals surface area (Å²) < 4.78 is 5.89. The zero-order valence-electron chi connectivity index (χ0n) is 11.7. The Hall–Kier alpha value is -1.85. The smallest absolute Gasteiger partial charge is 0.338 e. The maximum Gasteiger partial charge on any atom is 0.338 e. The molecule has 0 aliphatic heterocycles. The van der Waals surface area contributed by atoms with Crippen LogP contribution in [0.15, 0.2) is 46.9 Å². The lowest BCUT2D eigenvalue weighted by atomic mass is 10.2. The molecule has 1 amide bonds. The number of anilines is 1. The van der Waals surface area contributed by atoms with Crippen LogP contribution >= 0.6 is 27.5 Å². The highest BCUT2D eigenvalue weighted by Gasteiger charge is 2.11. The van der Waals surface area contributed by atoms with Crippen LogP contribution in [0.25, 0.3) is 0 Å². The predicted octanol–water partition coefficient (Wildman–Crippen LogP) is 4.21. The zero-order valence-corrected chi connectivity index (χ0v) is 14.1. The Labute approximate surface area is 141 Å². The largest absolute Gasteiger partial charge is 0.452 e. The summed E-state index contributed by atoms with van der Waals surface area (Å²) in [4.78, 5) is 23.6. The van der Waals surface area contributed by atoms with Crippen molar-refractivity contribution in [1.82, 2.24) is 0 Å². The van der Waals surface area contributed by atoms with E-state index in [0.29, 0.717) is 16.3 Å². The van der Waals surface area contributed by atoms with Gasteiger partial charge in [-0.3, -0.25) is 4.79 Å². The number of carbonyl (C=O) groups excluding carboxylic acids is 2. The Bertz CT molecular complexity index is 701. The van der Waals surface area contributed by atoms with Gasteiger partial charge in [-0.25, -0.2) is 4.79 Å². The fourth-order valence-electron chi connectivity index (χ4n) is 1.75. The molecule has 0 heterocycles. The monoisotopic (exact) mass is 381 g/mol. The Morgan fingerprint density at radius 1 is 1.18 bits per heavy atom. The molecular formula is C16H13BrClNO3. The molecule has 0 radical (unpaired) electrons. The number of amides is 1. The quantitative estimate of drug-likeness (QED) is 0.806. The van der Waals surface area contributed by atoms with Crippen LogP contribution in [0.5, 0.6) is 0 Å². The standard InChI is InChI=1S/C16H13BrClNO3/c1-10-8-12(17)4-7-14(10)19-15(20)9-22-16(21)11-2-5-13(18)6-3-11/h2-8H,9H2,1H3,(H,19,20). The molecule has 0 saturated heterocycles. The summed E-state index contributed by atoms with van der Waals surface area (Å²) in [6.45, 7) is 1.52. The van der Waals surface area contributed by atoms with Crippen molar-refractivity contribution in [2.75, 3.05) is 11.9 Å². The van der Waals surface area contributed by atoms with Crippen LogP contribution in [0.4, 0.5) is 5.69 Å². The van der Waals surface area contributed by atoms with Crippen LogP contribution in [0.3, 0.4) is 0 Å². The number of benzene rings is 2. The number of hydrogen-bond donors (Lipinski definition) is 1. The first-order valence-corrected chi connectivity index (χ1v) is 7.61. The van der Waals surface area contributed by atoms with E-state index in [2.05, 4.69) is 21.2 Å². The lowest BCUT2D eigenvalue weighted by Gasteiger charge is -2.09. The molecule has 0 bridgehead atoms. The highest BCUT2D eigenvalue weighted by Crippen LogP contribution is 2.20. The summed E-state index contributed by atoms with van der Waals surface area (Å²) in [5, 5.41) is 3.22. The molecule has 0 aromatic heterocycles. The summed E-state index contributed by atoms with van der Waals surface area (Å²) in [7, 11) is 0. The predicted molar refractivity (Wildman–Crippen MR) is 89.2 cm³/mol. The summed E-state index contributed by atoms with van der Waals surface area (Å²) >= 11 is 9.09. The lowest BCUT2D eigenvalue weighted by Crippen LogP contribution is -2.21. The molecule has 0 aliphatic carbocycles. The van der Waals surface area contributed by atoms with E-state index in [9.17, 15) is 9.59 Å². The van der Waals surface area contributed by atoms with Crippen molar-refractivity contribution in [1.29, 1.82) is 0 Å². The van der Waals surface area contributed by atoms with Gasteiger partial charge >= 0.3 is 5.97 Å². The Morgan fingerprint density at radius 2 is 1.86 bits per heavy atom. The minimum absolute atomic E-state index is 0.344. The molecular weight excluding hydrogens is 370 g/mol. The Balaban J connectivity index is 1.89. The summed E-state index contributed by atoms with van der Waals surface area (Å²) in [6, 6.07) is 11.7. The van der Waals surface area contributed by atoms with Crippen molar-refractivity contribution >= 4 is 45.1 Å². The first kappa shape index (κ1) is 16.5. The van der Waals surface area contributed by atoms with Gasteiger partial charge in [0.15, 0.2) is 6.61 Å². The van der Waals surface area contributed by atoms with E-state index < -0.39 is 11.9 Å². The van der Waals surface area contributed by atoms with Crippen LogP contribution < -0.4 is 5.32 Å². The zero-order chi connectivity index (χ0) is 16.1. The molecule has 0 aliphatic rings. The molecule has 2 rings (SSSR count). The Kier molecular flexibility index (Phi) is 5.57. The third kappa shape index (κ3) is 4.58. The van der Waals surface area contributed by atoms with E-state index in [1.807, 2.05) is 19.1 Å². The number of halogens is 2. The van der Waals surface area contributed by atoms with Gasteiger partial charge in [0, 0.05) is 15.2 Å². The van der Waals surface area contributed by atoms with Crippen molar-refractivity contribution in [2.24, 2.45) is 0 Å². The molecule has 1 N–H and O–H groups in total. The van der Waals surface area contributed by atoms with Crippen molar-refractivity contribution in [2.45, 2.75) is 6.92 Å². The second-order valence-corrected chi connectivity index (χ2v) is 5.94. The van der Waals surface area contributed by atoms with Gasteiger partial charge in [-0.15, -0.1) is 0 Å². The first-order chi connectivity index (χ1) is 10.5. The van der Waals surface area contributed by atoms with E-state index >= 15 is 0 Å². The van der Waals surface area contributed by atoms with E-state index in [0.717, 1.165) is 10.0 Å². The number of hydrogen-bond acceptors (Lipinski definition) is 3. The van der Waals surface area contributed by atoms with Gasteiger partial charge in [0.25, 0.3) is 5.91 Å². The van der Waals surface area contributed by atoms with Gasteiger partial charge in [0.1, 0.15) is 0 Å². The number of nitrogens with one attached hydrogen (secondary N) is 1. The maximum absolute atomic E-state index is 11.8. The van der Waals surface area contributed by atoms with E-state index in [1.165, 1.54) is 0 Å². The number of esters is 1. The van der Waals surface area contributed by atoms with Crippen molar-refractivity contribution in [3.8, 4) is 0 Å². The van der Waals surface area contributed by atoms with Crippen LogP contribution in [-0.4, -0.2) is 18.5 Å². The van der Waals surface area contributed by atoms with Gasteiger partial charge < -0.3 is 10.1 Å². The summed E-state index contributed by atoms with van der Waals surface area (Å²) in [5.41, 5.74) is 1.93. The van der Waals surface area contributed by atoms with Crippen molar-refractivity contribution in [3.05, 3.63) is 63.1 Å². The number of ether oxygens (including phenoxy) is 1. The van der Waals surface area contributed by atoms with Gasteiger partial charge in [-0.05, 0) is 55.0 Å². The van der Waals surface area contributed by atoms with Gasteiger partial charge in [-0.1, -0.05) is 27.5 Å². The molecule has 0 saturated carbocycles. The van der Waals surface area contributed by atoms with Gasteiger partial charge in [0.05, 0.1) is 5.56 Å². The Morgan fingerprint density at radius 3 is 2.50 bits per heavy atom.